The Kier molecular flexibility index (Phi) is 3.97. The van der Waals surface area contributed by atoms with Gasteiger partial charge in [-0.05, 0) is 45.8 Å². The summed E-state index contributed by atoms with van der Waals surface area (Å²) >= 11 is 1.81. The molecule has 0 radical (unpaired) electrons. The van der Waals surface area contributed by atoms with Crippen LogP contribution in [0.15, 0.2) is 5.38 Å². The van der Waals surface area contributed by atoms with E-state index in [1.54, 1.807) is 0 Å². The fourth-order valence-electron chi connectivity index (χ4n) is 3.26. The Morgan fingerprint density at radius 3 is 3.00 bits per heavy atom. The summed E-state index contributed by atoms with van der Waals surface area (Å²) in [6.45, 7) is 8.27. The zero-order valence-electron chi connectivity index (χ0n) is 11.3. The molecule has 2 aliphatic rings. The van der Waals surface area contributed by atoms with Gasteiger partial charge in [0, 0.05) is 23.7 Å². The highest BCUT2D eigenvalue weighted by Gasteiger charge is 2.27. The molecule has 0 N–H and O–H groups in total. The second-order valence-electron chi connectivity index (χ2n) is 5.66. The van der Waals surface area contributed by atoms with Crippen LogP contribution in [0.4, 0.5) is 0 Å². The molecule has 1 aromatic heterocycles. The summed E-state index contributed by atoms with van der Waals surface area (Å²) < 4.78 is 0. The summed E-state index contributed by atoms with van der Waals surface area (Å²) in [5.41, 5.74) is 1.17. The summed E-state index contributed by atoms with van der Waals surface area (Å²) in [7, 11) is 0. The van der Waals surface area contributed by atoms with E-state index in [1.165, 1.54) is 62.6 Å². The van der Waals surface area contributed by atoms with Gasteiger partial charge >= 0.3 is 0 Å². The third-order valence-electron chi connectivity index (χ3n) is 4.16. The minimum Gasteiger partial charge on any atom is -0.299 e. The monoisotopic (exact) mass is 265 g/mol. The number of thiazole rings is 1. The molecule has 2 saturated heterocycles. The first-order valence-corrected chi connectivity index (χ1v) is 8.06. The van der Waals surface area contributed by atoms with Crippen molar-refractivity contribution in [2.45, 2.75) is 45.2 Å². The summed E-state index contributed by atoms with van der Waals surface area (Å²) in [5.74, 6) is 0. The lowest BCUT2D eigenvalue weighted by molar-refractivity contribution is 0.135. The number of aromatic nitrogens is 1. The van der Waals surface area contributed by atoms with Gasteiger partial charge in [0.1, 0.15) is 5.01 Å². The average molecular weight is 265 g/mol. The Balaban J connectivity index is 1.62. The Hall–Kier alpha value is -0.450. The molecule has 4 heteroatoms. The lowest BCUT2D eigenvalue weighted by atomic mass is 10.0. The first kappa shape index (κ1) is 12.6. The maximum atomic E-state index is 4.60. The first-order valence-electron chi connectivity index (χ1n) is 7.19. The molecule has 3 heterocycles. The van der Waals surface area contributed by atoms with Crippen LogP contribution in [0.2, 0.25) is 0 Å². The number of nitrogens with zero attached hydrogens (tertiary/aromatic N) is 3. The van der Waals surface area contributed by atoms with Crippen molar-refractivity contribution >= 4 is 11.3 Å². The van der Waals surface area contributed by atoms with Crippen LogP contribution in [0.3, 0.4) is 0 Å². The van der Waals surface area contributed by atoms with E-state index in [2.05, 4.69) is 27.1 Å². The van der Waals surface area contributed by atoms with E-state index in [1.807, 2.05) is 11.3 Å². The zero-order valence-corrected chi connectivity index (χ0v) is 12.1. The van der Waals surface area contributed by atoms with Crippen molar-refractivity contribution in [2.75, 3.05) is 26.2 Å². The van der Waals surface area contributed by atoms with Gasteiger partial charge in [-0.3, -0.25) is 9.80 Å². The molecular weight excluding hydrogens is 242 g/mol. The van der Waals surface area contributed by atoms with E-state index in [9.17, 15) is 0 Å². The average Bonchev–Trinajstić information content (AvgIpc) is 2.66. The summed E-state index contributed by atoms with van der Waals surface area (Å²) in [6.07, 6.45) is 5.54. The molecule has 0 aromatic carbocycles. The van der Waals surface area contributed by atoms with Gasteiger partial charge in [-0.1, -0.05) is 6.42 Å². The van der Waals surface area contributed by atoms with Crippen LogP contribution >= 0.6 is 11.3 Å². The largest absolute Gasteiger partial charge is 0.299 e. The van der Waals surface area contributed by atoms with E-state index < -0.39 is 0 Å². The van der Waals surface area contributed by atoms with Gasteiger partial charge in [-0.25, -0.2) is 4.98 Å². The van der Waals surface area contributed by atoms with Crippen LogP contribution in [-0.4, -0.2) is 47.0 Å². The molecule has 3 rings (SSSR count). The molecule has 1 atom stereocenters. The van der Waals surface area contributed by atoms with E-state index >= 15 is 0 Å². The predicted molar refractivity (Wildman–Crippen MR) is 76.0 cm³/mol. The van der Waals surface area contributed by atoms with Gasteiger partial charge in [0.2, 0.25) is 0 Å². The Morgan fingerprint density at radius 2 is 2.17 bits per heavy atom. The van der Waals surface area contributed by atoms with E-state index in [0.717, 1.165) is 12.6 Å². The van der Waals surface area contributed by atoms with Gasteiger partial charge in [-0.2, -0.15) is 0 Å². The SMILES string of the molecule is Cc1csc(CN2CCCN3CCCCC3C2)n1. The molecule has 0 saturated carbocycles. The molecule has 0 aliphatic carbocycles. The van der Waals surface area contributed by atoms with Gasteiger partial charge in [-0.15, -0.1) is 11.3 Å². The number of aryl methyl sites for hydroxylation is 1. The highest BCUT2D eigenvalue weighted by atomic mass is 32.1. The number of hydrogen-bond donors (Lipinski definition) is 0. The van der Waals surface area contributed by atoms with Gasteiger partial charge in [0.25, 0.3) is 0 Å². The van der Waals surface area contributed by atoms with Crippen molar-refractivity contribution in [2.24, 2.45) is 0 Å². The summed E-state index contributed by atoms with van der Waals surface area (Å²) in [4.78, 5) is 9.94. The third kappa shape index (κ3) is 2.92. The second kappa shape index (κ2) is 5.68. The van der Waals surface area contributed by atoms with Gasteiger partial charge in [0.05, 0.1) is 6.54 Å². The van der Waals surface area contributed by atoms with Crippen molar-refractivity contribution in [1.82, 2.24) is 14.8 Å². The van der Waals surface area contributed by atoms with Crippen LogP contribution < -0.4 is 0 Å². The lowest BCUT2D eigenvalue weighted by Crippen LogP contribution is -2.43. The number of rotatable bonds is 2. The fraction of sp³-hybridized carbons (Fsp3) is 0.786. The Morgan fingerprint density at radius 1 is 1.28 bits per heavy atom. The van der Waals surface area contributed by atoms with Crippen molar-refractivity contribution in [1.29, 1.82) is 0 Å². The van der Waals surface area contributed by atoms with Crippen molar-refractivity contribution in [3.63, 3.8) is 0 Å². The lowest BCUT2D eigenvalue weighted by Gasteiger charge is -2.35. The molecule has 100 valence electrons. The standard InChI is InChI=1S/C14H23N3S/c1-12-11-18-14(15-12)10-16-6-4-8-17-7-3-2-5-13(17)9-16/h11,13H,2-10H2,1H3. The second-order valence-corrected chi connectivity index (χ2v) is 6.60. The topological polar surface area (TPSA) is 19.4 Å². The normalized spacial score (nSPS) is 26.8. The third-order valence-corrected chi connectivity index (χ3v) is 5.11. The molecule has 3 nitrogen and oxygen atoms in total. The van der Waals surface area contributed by atoms with Crippen LogP contribution in [0, 0.1) is 6.92 Å². The first-order chi connectivity index (χ1) is 8.81. The van der Waals surface area contributed by atoms with Gasteiger partial charge < -0.3 is 0 Å². The number of piperidine rings is 1. The van der Waals surface area contributed by atoms with Crippen LogP contribution in [0.25, 0.3) is 0 Å². The summed E-state index contributed by atoms with van der Waals surface area (Å²) in [6, 6.07) is 0.808. The number of hydrogen-bond acceptors (Lipinski definition) is 4. The van der Waals surface area contributed by atoms with E-state index in [-0.39, 0.29) is 0 Å². The minimum atomic E-state index is 0.808. The van der Waals surface area contributed by atoms with E-state index in [4.69, 9.17) is 0 Å². The fourth-order valence-corrected chi connectivity index (χ4v) is 4.07. The quantitative estimate of drug-likeness (QED) is 0.819. The zero-order chi connectivity index (χ0) is 12.4. The van der Waals surface area contributed by atoms with Crippen LogP contribution in [0.5, 0.6) is 0 Å². The predicted octanol–water partition coefficient (Wildman–Crippen LogP) is 2.51. The maximum absolute atomic E-state index is 4.60. The van der Waals surface area contributed by atoms with Crippen molar-refractivity contribution in [3.05, 3.63) is 16.1 Å². The molecular formula is C14H23N3S. The maximum Gasteiger partial charge on any atom is 0.107 e. The highest BCUT2D eigenvalue weighted by Crippen LogP contribution is 2.22. The van der Waals surface area contributed by atoms with Crippen molar-refractivity contribution in [3.8, 4) is 0 Å². The van der Waals surface area contributed by atoms with Crippen LogP contribution in [0.1, 0.15) is 36.4 Å². The Labute approximate surface area is 114 Å². The molecule has 0 spiro atoms. The minimum absolute atomic E-state index is 0.808. The molecule has 1 unspecified atom stereocenters. The molecule has 2 aliphatic heterocycles. The number of fused-ring (bicyclic) bond motifs is 1. The summed E-state index contributed by atoms with van der Waals surface area (Å²) in [5, 5.41) is 3.46. The molecule has 2 fully saturated rings. The van der Waals surface area contributed by atoms with Crippen molar-refractivity contribution < 1.29 is 0 Å². The highest BCUT2D eigenvalue weighted by molar-refractivity contribution is 7.09. The van der Waals surface area contributed by atoms with E-state index in [0.29, 0.717) is 0 Å². The van der Waals surface area contributed by atoms with Crippen LogP contribution in [-0.2, 0) is 6.54 Å². The molecule has 0 bridgehead atoms. The van der Waals surface area contributed by atoms with Gasteiger partial charge in [0.15, 0.2) is 0 Å². The Bertz CT molecular complexity index is 390. The smallest absolute Gasteiger partial charge is 0.107 e. The molecule has 0 amide bonds. The molecule has 1 aromatic rings. The molecule has 18 heavy (non-hydrogen) atoms.